The number of aryl methyl sites for hydroxylation is 1. The lowest BCUT2D eigenvalue weighted by Crippen LogP contribution is -1.85. The van der Waals surface area contributed by atoms with Gasteiger partial charge in [0.15, 0.2) is 5.34 Å². The molecule has 15 heavy (non-hydrogen) atoms. The molecule has 0 aliphatic rings. The van der Waals surface area contributed by atoms with Gasteiger partial charge in [0.25, 0.3) is 0 Å². The average Bonchev–Trinajstić information content (AvgIpc) is 2.34. The fourth-order valence-corrected chi connectivity index (χ4v) is 0.785. The number of rotatable bonds is 3. The highest BCUT2D eigenvalue weighted by molar-refractivity contribution is 7.79. The summed E-state index contributed by atoms with van der Waals surface area (Å²) < 4.78 is 0. The number of nitrogens with two attached hydrogens (primary N) is 1. The van der Waals surface area contributed by atoms with E-state index in [-0.39, 0.29) is 6.61 Å². The highest BCUT2D eigenvalue weighted by Gasteiger charge is 1.91. The molecule has 2 N–H and O–H groups in total. The Kier molecular flexibility index (Phi) is 14.1. The van der Waals surface area contributed by atoms with Gasteiger partial charge in [-0.2, -0.15) is 12.6 Å². The molecule has 4 nitrogen and oxygen atoms in total. The summed E-state index contributed by atoms with van der Waals surface area (Å²) in [6, 6.07) is 7.73. The minimum atomic E-state index is 0.254. The summed E-state index contributed by atoms with van der Waals surface area (Å²) in [6.07, 6.45) is 1.69. The third-order valence-electron chi connectivity index (χ3n) is 1.40. The molecule has 1 aromatic rings. The van der Waals surface area contributed by atoms with E-state index in [4.69, 9.17) is 0 Å². The summed E-state index contributed by atoms with van der Waals surface area (Å²) in [4.78, 5) is 13.9. The molecule has 1 rings (SSSR count). The lowest BCUT2D eigenvalue weighted by Gasteiger charge is -1.96. The molecule has 0 aromatic heterocycles. The van der Waals surface area contributed by atoms with Gasteiger partial charge >= 0.3 is 0 Å². The van der Waals surface area contributed by atoms with Crippen molar-refractivity contribution in [3.05, 3.63) is 40.3 Å². The Hall–Kier alpha value is -1.07. The molecule has 0 fully saturated rings. The summed E-state index contributed by atoms with van der Waals surface area (Å²) in [5.41, 5.74) is 6.64. The molecule has 0 radical (unpaired) electrons. The molecule has 0 saturated carbocycles. The number of hydrogen-bond acceptors (Lipinski definition) is 5. The van der Waals surface area contributed by atoms with Crippen molar-refractivity contribution in [1.29, 1.82) is 0 Å². The topological polar surface area (TPSA) is 64.7 Å². The first-order chi connectivity index (χ1) is 7.33. The first-order valence-electron chi connectivity index (χ1n) is 4.35. The number of nitrogens with zero attached hydrogens (tertiary/aromatic N) is 1. The van der Waals surface area contributed by atoms with Crippen molar-refractivity contribution in [2.75, 3.05) is 13.3 Å². The highest BCUT2D eigenvalue weighted by Crippen LogP contribution is 2.03. The molecule has 0 aliphatic heterocycles. The second-order valence-corrected chi connectivity index (χ2v) is 2.33. The number of hydrogen-bond donors (Lipinski definition) is 2. The van der Waals surface area contributed by atoms with Crippen LogP contribution in [0.4, 0.5) is 0 Å². The van der Waals surface area contributed by atoms with Gasteiger partial charge in [0.05, 0.1) is 0 Å². The first kappa shape index (κ1) is 16.4. The van der Waals surface area contributed by atoms with Crippen LogP contribution in [0.2, 0.25) is 0 Å². The first-order valence-corrected chi connectivity index (χ1v) is 5.25. The minimum absolute atomic E-state index is 0.254. The molecule has 0 aliphatic carbocycles. The molecule has 0 heterocycles. The van der Waals surface area contributed by atoms with E-state index in [9.17, 15) is 4.91 Å². The van der Waals surface area contributed by atoms with Crippen molar-refractivity contribution < 1.29 is 4.84 Å². The van der Waals surface area contributed by atoms with E-state index >= 15 is 0 Å². The van der Waals surface area contributed by atoms with Crippen LogP contribution in [-0.2, 0) is 11.4 Å². The Morgan fingerprint density at radius 3 is 2.13 bits per heavy atom. The van der Waals surface area contributed by atoms with Crippen LogP contribution in [-0.4, -0.2) is 13.3 Å². The molecule has 1 aromatic carbocycles. The second-order valence-electron chi connectivity index (χ2n) is 2.33. The minimum Gasteiger partial charge on any atom is -0.359 e. The molecule has 5 heteroatoms. The molecule has 0 bridgehead atoms. The Bertz CT molecular complexity index is 240. The number of thiol groups is 1. The summed E-state index contributed by atoms with van der Waals surface area (Å²) in [6.45, 7) is 2.26. The van der Waals surface area contributed by atoms with Gasteiger partial charge in [0, 0.05) is 0 Å². The number of benzene rings is 1. The summed E-state index contributed by atoms with van der Waals surface area (Å²) in [5.74, 6) is 0. The molecule has 0 atom stereocenters. The van der Waals surface area contributed by atoms with Crippen LogP contribution >= 0.6 is 12.6 Å². The van der Waals surface area contributed by atoms with E-state index in [1.54, 1.807) is 6.26 Å². The van der Waals surface area contributed by atoms with Crippen molar-refractivity contribution in [1.82, 2.24) is 0 Å². The van der Waals surface area contributed by atoms with Crippen molar-refractivity contribution >= 4 is 12.6 Å². The van der Waals surface area contributed by atoms with E-state index in [1.807, 2.05) is 31.2 Å². The van der Waals surface area contributed by atoms with Gasteiger partial charge in [0.2, 0.25) is 0 Å². The normalized spacial score (nSPS) is 7.53. The van der Waals surface area contributed by atoms with Gasteiger partial charge in [0.1, 0.15) is 6.61 Å². The van der Waals surface area contributed by atoms with Gasteiger partial charge < -0.3 is 10.6 Å². The van der Waals surface area contributed by atoms with Gasteiger partial charge in [-0.05, 0) is 25.8 Å². The van der Waals surface area contributed by atoms with Crippen molar-refractivity contribution in [3.8, 4) is 0 Å². The van der Waals surface area contributed by atoms with Gasteiger partial charge in [-0.3, -0.25) is 0 Å². The van der Waals surface area contributed by atoms with Crippen molar-refractivity contribution in [2.24, 2.45) is 11.1 Å². The van der Waals surface area contributed by atoms with Gasteiger partial charge in [-0.15, -0.1) is 4.91 Å². The van der Waals surface area contributed by atoms with E-state index < -0.39 is 0 Å². The Morgan fingerprint density at radius 2 is 1.73 bits per heavy atom. The fourth-order valence-electron chi connectivity index (χ4n) is 0.785. The SMILES string of the molecule is CN.CS.Cc1ccc(CON=O)cc1. The zero-order valence-corrected chi connectivity index (χ0v) is 10.2. The summed E-state index contributed by atoms with van der Waals surface area (Å²) >= 11 is 3.53. The largest absolute Gasteiger partial charge is 0.359 e. The van der Waals surface area contributed by atoms with Crippen molar-refractivity contribution in [3.63, 3.8) is 0 Å². The monoisotopic (exact) mass is 230 g/mol. The quantitative estimate of drug-likeness (QED) is 0.476. The Labute approximate surface area is 96.2 Å². The molecule has 86 valence electrons. The predicted octanol–water partition coefficient (Wildman–Crippen LogP) is 2.31. The standard InChI is InChI=1S/C8H9NO2.CH5N.CH4S/c1-7-2-4-8(5-3-7)6-11-9-10;2*1-2/h2-5H,6H2,1H3;2H2,1H3;2H,1H3. The van der Waals surface area contributed by atoms with E-state index in [0.717, 1.165) is 5.56 Å². The summed E-state index contributed by atoms with van der Waals surface area (Å²) in [5, 5.41) is 2.30. The molecule has 0 unspecified atom stereocenters. The van der Waals surface area contributed by atoms with E-state index in [0.29, 0.717) is 0 Å². The second kappa shape index (κ2) is 12.9. The highest BCUT2D eigenvalue weighted by atomic mass is 32.1. The smallest absolute Gasteiger partial charge is 0.155 e. The van der Waals surface area contributed by atoms with Crippen molar-refractivity contribution in [2.45, 2.75) is 13.5 Å². The van der Waals surface area contributed by atoms with E-state index in [1.165, 1.54) is 12.6 Å². The molecule has 0 spiro atoms. The lowest BCUT2D eigenvalue weighted by molar-refractivity contribution is 0.126. The molecule has 0 amide bonds. The van der Waals surface area contributed by atoms with Gasteiger partial charge in [-0.1, -0.05) is 29.8 Å². The van der Waals surface area contributed by atoms with Crippen LogP contribution in [0.15, 0.2) is 29.6 Å². The fraction of sp³-hybridized carbons (Fsp3) is 0.400. The van der Waals surface area contributed by atoms with Crippen LogP contribution < -0.4 is 5.73 Å². The maximum Gasteiger partial charge on any atom is 0.155 e. The Morgan fingerprint density at radius 1 is 1.27 bits per heavy atom. The molecular weight excluding hydrogens is 212 g/mol. The Balaban J connectivity index is 0. The average molecular weight is 230 g/mol. The maximum atomic E-state index is 9.57. The molecule has 0 saturated heterocycles. The zero-order chi connectivity index (χ0) is 12.1. The third-order valence-corrected chi connectivity index (χ3v) is 1.40. The third kappa shape index (κ3) is 9.24. The predicted molar refractivity (Wildman–Crippen MR) is 66.8 cm³/mol. The van der Waals surface area contributed by atoms with Crippen LogP contribution in [0.3, 0.4) is 0 Å². The van der Waals surface area contributed by atoms with Crippen LogP contribution in [0.5, 0.6) is 0 Å². The van der Waals surface area contributed by atoms with Crippen LogP contribution in [0.1, 0.15) is 11.1 Å². The summed E-state index contributed by atoms with van der Waals surface area (Å²) in [7, 11) is 1.50. The lowest BCUT2D eigenvalue weighted by atomic mass is 10.2. The zero-order valence-electron chi connectivity index (χ0n) is 9.30. The van der Waals surface area contributed by atoms with Crippen LogP contribution in [0, 0.1) is 11.8 Å². The van der Waals surface area contributed by atoms with Crippen LogP contribution in [0.25, 0.3) is 0 Å². The molecular formula is C10H18N2O2S. The van der Waals surface area contributed by atoms with E-state index in [2.05, 4.69) is 28.5 Å². The maximum absolute atomic E-state index is 9.57. The van der Waals surface area contributed by atoms with Gasteiger partial charge in [-0.25, -0.2) is 0 Å².